The molecule has 20 heteroatoms. The predicted molar refractivity (Wildman–Crippen MR) is 142 cm³/mol. The molecule has 4 aromatic heterocycles. The average Bonchev–Trinajstić information content (AvgIpc) is 3.67. The molecule has 7 rings (SSSR count). The number of aliphatic hydroxyl groups is 2. The highest BCUT2D eigenvalue weighted by molar-refractivity contribution is 8.07. The van der Waals surface area contributed by atoms with Gasteiger partial charge in [0, 0.05) is 5.92 Å². The quantitative estimate of drug-likeness (QED) is 0.144. The molecule has 3 aliphatic rings. The summed E-state index contributed by atoms with van der Waals surface area (Å²) in [6.45, 7) is -4.33. The number of imidazole rings is 2. The van der Waals surface area contributed by atoms with Gasteiger partial charge in [-0.25, -0.2) is 19.9 Å². The highest BCUT2D eigenvalue weighted by atomic mass is 32.5. The fourth-order valence-corrected chi connectivity index (χ4v) is 7.13. The first-order valence-corrected chi connectivity index (χ1v) is 15.2. The Labute approximate surface area is 234 Å². The number of aliphatic hydroxyl groups excluding tert-OH is 2. The zero-order valence-electron chi connectivity index (χ0n) is 21.0. The van der Waals surface area contributed by atoms with E-state index >= 15 is 0 Å². The zero-order chi connectivity index (χ0) is 28.6. The predicted octanol–water partition coefficient (Wildman–Crippen LogP) is -1.33. The summed E-state index contributed by atoms with van der Waals surface area (Å²) in [7, 11) is 0. The van der Waals surface area contributed by atoms with Crippen LogP contribution in [0.4, 0.5) is 11.8 Å². The maximum atomic E-state index is 12.3. The summed E-state index contributed by atoms with van der Waals surface area (Å²) >= 11 is 5.26. The minimum absolute atomic E-state index is 0.00508. The summed E-state index contributed by atoms with van der Waals surface area (Å²) in [5.41, 5.74) is 12.0. The van der Waals surface area contributed by atoms with Gasteiger partial charge in [-0.3, -0.25) is 23.4 Å². The second-order valence-electron chi connectivity index (χ2n) is 10.0. The minimum Gasteiger partial charge on any atom is -0.390 e. The summed E-state index contributed by atoms with van der Waals surface area (Å²) < 4.78 is 26.8. The lowest BCUT2D eigenvalue weighted by molar-refractivity contribution is -0.0552. The lowest BCUT2D eigenvalue weighted by atomic mass is 9.91. The van der Waals surface area contributed by atoms with Crippen molar-refractivity contribution < 1.29 is 33.6 Å². The third-order valence-electron chi connectivity index (χ3n) is 7.64. The number of hydrogen-bond donors (Lipinski definition) is 6. The van der Waals surface area contributed by atoms with E-state index < -0.39 is 61.2 Å². The molecule has 7 heterocycles. The summed E-state index contributed by atoms with van der Waals surface area (Å²) in [6, 6.07) is 0. The molecule has 18 nitrogen and oxygen atoms in total. The standard InChI is InChI=1S/C21H25N10O8PS/c22-15-10-16(25-4-24-15)30(5-26-10)19-7-1-2-8-13(33)14(39-40(35,41)36-3-9(38-19)12(7)32)20(37-8)31-6-27-11-17(31)28-21(23)29-18(11)34/h4-9,12-14,19-20,32-33H,1-3H2,(H,35,41)(H2,22,24,25)(H3,23,28,29,34)/t7?,8?,9?,12?,13-,14-,19?,20?,40?/m1/s1. The fourth-order valence-electron chi connectivity index (χ4n) is 5.72. The molecule has 0 aliphatic carbocycles. The van der Waals surface area contributed by atoms with Crippen molar-refractivity contribution >= 4 is 52.6 Å². The molecule has 3 saturated heterocycles. The van der Waals surface area contributed by atoms with Gasteiger partial charge in [0.1, 0.15) is 36.4 Å². The number of nitrogens with zero attached hydrogens (tertiary/aromatic N) is 7. The second kappa shape index (κ2) is 9.72. The Morgan fingerprint density at radius 3 is 2.51 bits per heavy atom. The second-order valence-corrected chi connectivity index (χ2v) is 12.8. The van der Waals surface area contributed by atoms with Crippen LogP contribution in [0.2, 0.25) is 0 Å². The van der Waals surface area contributed by atoms with Crippen molar-refractivity contribution in [1.29, 1.82) is 0 Å². The summed E-state index contributed by atoms with van der Waals surface area (Å²) in [4.78, 5) is 46.5. The van der Waals surface area contributed by atoms with Gasteiger partial charge in [-0.15, -0.1) is 0 Å². The number of H-pyrrole nitrogens is 1. The number of ether oxygens (including phenoxy) is 2. The number of hydrogen-bond acceptors (Lipinski definition) is 15. The SMILES string of the molecule is Nc1nc2c(ncn2C2OC3CCC4C(O)C(COP(O)(=S)O[C@@H]2[C@@H]3O)OC4n2cnc3c(N)ncnc32)c(=O)[nH]1. The number of rotatable bonds is 2. The van der Waals surface area contributed by atoms with Gasteiger partial charge < -0.3 is 40.6 Å². The minimum atomic E-state index is -4.03. The van der Waals surface area contributed by atoms with Crippen LogP contribution >= 0.6 is 6.72 Å². The molecule has 0 spiro atoms. The van der Waals surface area contributed by atoms with Crippen molar-refractivity contribution in [3.05, 3.63) is 29.3 Å². The number of aromatic nitrogens is 8. The lowest BCUT2D eigenvalue weighted by Crippen LogP contribution is -2.36. The van der Waals surface area contributed by atoms with Crippen LogP contribution in [0.5, 0.6) is 0 Å². The Hall–Kier alpha value is -3.13. The van der Waals surface area contributed by atoms with Crippen LogP contribution in [0, 0.1) is 5.92 Å². The Balaban J connectivity index is 1.25. The molecule has 8 N–H and O–H groups in total. The number of nitrogens with two attached hydrogens (primary N) is 2. The molecule has 9 atom stereocenters. The van der Waals surface area contributed by atoms with Crippen molar-refractivity contribution in [3.63, 3.8) is 0 Å². The first-order valence-electron chi connectivity index (χ1n) is 12.6. The van der Waals surface area contributed by atoms with E-state index in [0.717, 1.165) is 0 Å². The average molecular weight is 609 g/mol. The molecule has 3 fully saturated rings. The molecule has 4 aromatic rings. The van der Waals surface area contributed by atoms with Gasteiger partial charge in [-0.1, -0.05) is 0 Å². The molecule has 0 amide bonds. The molecule has 0 aromatic carbocycles. The summed E-state index contributed by atoms with van der Waals surface area (Å²) in [5, 5.41) is 22.6. The molecule has 4 bridgehead atoms. The third-order valence-corrected chi connectivity index (χ3v) is 9.20. The van der Waals surface area contributed by atoms with E-state index in [1.54, 1.807) is 4.57 Å². The van der Waals surface area contributed by atoms with Crippen molar-refractivity contribution in [1.82, 2.24) is 39.0 Å². The third kappa shape index (κ3) is 4.41. The zero-order valence-corrected chi connectivity index (χ0v) is 22.7. The number of fused-ring (bicyclic) bond motifs is 6. The van der Waals surface area contributed by atoms with E-state index in [2.05, 4.69) is 29.9 Å². The van der Waals surface area contributed by atoms with Gasteiger partial charge in [0.2, 0.25) is 5.95 Å². The van der Waals surface area contributed by atoms with Gasteiger partial charge in [-0.05, 0) is 24.6 Å². The highest BCUT2D eigenvalue weighted by Gasteiger charge is 2.52. The summed E-state index contributed by atoms with van der Waals surface area (Å²) in [5.74, 6) is -0.484. The molecule has 218 valence electrons. The van der Waals surface area contributed by atoms with Crippen molar-refractivity contribution in [3.8, 4) is 0 Å². The monoisotopic (exact) mass is 608 g/mol. The van der Waals surface area contributed by atoms with Crippen LogP contribution in [0.3, 0.4) is 0 Å². The molecule has 41 heavy (non-hydrogen) atoms. The first-order chi connectivity index (χ1) is 19.6. The number of nitrogens with one attached hydrogen (secondary N) is 1. The Kier molecular flexibility index (Phi) is 6.34. The number of nitrogen functional groups attached to an aromatic ring is 2. The molecule has 7 unspecified atom stereocenters. The van der Waals surface area contributed by atoms with Gasteiger partial charge >= 0.3 is 6.72 Å². The van der Waals surface area contributed by atoms with Crippen LogP contribution in [-0.2, 0) is 30.3 Å². The molecule has 0 saturated carbocycles. The van der Waals surface area contributed by atoms with E-state index in [1.165, 1.54) is 23.5 Å². The van der Waals surface area contributed by atoms with Crippen LogP contribution in [0.15, 0.2) is 23.8 Å². The van der Waals surface area contributed by atoms with Crippen LogP contribution in [0.25, 0.3) is 22.3 Å². The fraction of sp³-hybridized carbons (Fsp3) is 0.524. The van der Waals surface area contributed by atoms with Gasteiger partial charge in [0.05, 0.1) is 31.5 Å². The van der Waals surface area contributed by atoms with Gasteiger partial charge in [-0.2, -0.15) is 4.98 Å². The van der Waals surface area contributed by atoms with Crippen molar-refractivity contribution in [2.45, 2.75) is 55.8 Å². The Morgan fingerprint density at radius 1 is 0.976 bits per heavy atom. The Morgan fingerprint density at radius 2 is 1.71 bits per heavy atom. The molecular formula is C21H25N10O8PS. The van der Waals surface area contributed by atoms with E-state index in [0.29, 0.717) is 17.6 Å². The molecular weight excluding hydrogens is 583 g/mol. The van der Waals surface area contributed by atoms with Crippen LogP contribution in [-0.4, -0.2) is 91.3 Å². The smallest absolute Gasteiger partial charge is 0.325 e. The topological polar surface area (TPSA) is 257 Å². The molecule has 3 aliphatic heterocycles. The lowest BCUT2D eigenvalue weighted by Gasteiger charge is -2.27. The van der Waals surface area contributed by atoms with Crippen LogP contribution < -0.4 is 17.0 Å². The van der Waals surface area contributed by atoms with Crippen molar-refractivity contribution in [2.75, 3.05) is 18.1 Å². The van der Waals surface area contributed by atoms with Gasteiger partial charge in [0.25, 0.3) is 5.56 Å². The maximum absolute atomic E-state index is 12.3. The summed E-state index contributed by atoms with van der Waals surface area (Å²) in [6.07, 6.45) is -2.46. The van der Waals surface area contributed by atoms with E-state index in [-0.39, 0.29) is 36.0 Å². The van der Waals surface area contributed by atoms with E-state index in [1.807, 2.05) is 0 Å². The Bertz CT molecular complexity index is 1750. The number of anilines is 2. The maximum Gasteiger partial charge on any atom is 0.325 e. The van der Waals surface area contributed by atoms with Crippen LogP contribution in [0.1, 0.15) is 25.3 Å². The first kappa shape index (κ1) is 26.7. The molecule has 0 radical (unpaired) electrons. The van der Waals surface area contributed by atoms with Gasteiger partial charge in [0.15, 0.2) is 28.9 Å². The normalized spacial score (nSPS) is 36.0. The number of aromatic amines is 1. The highest BCUT2D eigenvalue weighted by Crippen LogP contribution is 2.52. The van der Waals surface area contributed by atoms with Crippen molar-refractivity contribution in [2.24, 2.45) is 5.92 Å². The van der Waals surface area contributed by atoms with E-state index in [4.69, 9.17) is 41.8 Å². The largest absolute Gasteiger partial charge is 0.390 e. The van der Waals surface area contributed by atoms with E-state index in [9.17, 15) is 19.9 Å².